The monoisotopic (exact) mass is 294 g/mol. The Labute approximate surface area is 121 Å². The summed E-state index contributed by atoms with van der Waals surface area (Å²) in [5, 5.41) is 31.1. The molecule has 1 aromatic rings. The van der Waals surface area contributed by atoms with E-state index < -0.39 is 36.9 Å². The maximum Gasteiger partial charge on any atom is 0.252 e. The topological polar surface area (TPSA) is 116 Å². The zero-order chi connectivity index (χ0) is 15.4. The number of nitrogens with one attached hydrogen (secondary N) is 1. The second kappa shape index (κ2) is 6.77. The van der Waals surface area contributed by atoms with Crippen LogP contribution in [-0.4, -0.2) is 58.5 Å². The fourth-order valence-electron chi connectivity index (χ4n) is 2.09. The van der Waals surface area contributed by atoms with E-state index in [1.165, 1.54) is 12.1 Å². The number of aldehydes is 1. The van der Waals surface area contributed by atoms with Crippen molar-refractivity contribution >= 4 is 12.2 Å². The fourth-order valence-corrected chi connectivity index (χ4v) is 2.09. The standard InChI is InChI=1S/C14H16NO6/c16-5-8-3-1-2-4-9(8)14(20)15-10-7-21-11(6-17)13(19)12(10)18/h1-5,7,10-13,17-19H,6H2,(H,15,20)/t10-,11+,12+,13-/m0/s1. The van der Waals surface area contributed by atoms with Crippen LogP contribution < -0.4 is 5.32 Å². The quantitative estimate of drug-likeness (QED) is 0.522. The number of carbonyl (C=O) groups excluding carboxylic acids is 2. The van der Waals surface area contributed by atoms with E-state index in [2.05, 4.69) is 5.32 Å². The first kappa shape index (κ1) is 15.6. The van der Waals surface area contributed by atoms with Crippen LogP contribution in [0, 0.1) is 6.61 Å². The zero-order valence-corrected chi connectivity index (χ0v) is 11.0. The van der Waals surface area contributed by atoms with Crippen molar-refractivity contribution in [1.29, 1.82) is 0 Å². The molecule has 7 heteroatoms. The summed E-state index contributed by atoms with van der Waals surface area (Å²) in [4.78, 5) is 23.0. The molecule has 2 rings (SSSR count). The number of aliphatic hydroxyl groups is 3. The van der Waals surface area contributed by atoms with Crippen LogP contribution in [0.3, 0.4) is 0 Å². The Balaban J connectivity index is 2.08. The van der Waals surface area contributed by atoms with Crippen molar-refractivity contribution in [2.24, 2.45) is 0 Å². The highest BCUT2D eigenvalue weighted by atomic mass is 16.5. The van der Waals surface area contributed by atoms with Gasteiger partial charge in [0.15, 0.2) is 6.29 Å². The molecular weight excluding hydrogens is 278 g/mol. The molecule has 113 valence electrons. The van der Waals surface area contributed by atoms with E-state index in [9.17, 15) is 19.8 Å². The van der Waals surface area contributed by atoms with Crippen LogP contribution in [0.25, 0.3) is 0 Å². The SMILES string of the molecule is O=Cc1ccccc1C(=O)N[C@H]1[CH]O[C@H](CO)[C@H](O)[C@@H]1O. The lowest BCUT2D eigenvalue weighted by Crippen LogP contribution is -2.58. The van der Waals surface area contributed by atoms with Crippen LogP contribution in [0.1, 0.15) is 20.7 Å². The molecule has 1 fully saturated rings. The predicted molar refractivity (Wildman–Crippen MR) is 71.4 cm³/mol. The molecule has 1 radical (unpaired) electrons. The van der Waals surface area contributed by atoms with Gasteiger partial charge in [0.05, 0.1) is 12.6 Å². The molecule has 0 spiro atoms. The average Bonchev–Trinajstić information content (AvgIpc) is 2.52. The molecule has 1 aliphatic heterocycles. The van der Waals surface area contributed by atoms with E-state index in [1.807, 2.05) is 0 Å². The minimum atomic E-state index is -1.33. The Morgan fingerprint density at radius 1 is 1.29 bits per heavy atom. The molecule has 4 atom stereocenters. The van der Waals surface area contributed by atoms with Crippen LogP contribution in [0.2, 0.25) is 0 Å². The van der Waals surface area contributed by atoms with Crippen LogP contribution in [0.15, 0.2) is 24.3 Å². The summed E-state index contributed by atoms with van der Waals surface area (Å²) in [5.41, 5.74) is 0.377. The molecule has 0 aromatic heterocycles. The van der Waals surface area contributed by atoms with Gasteiger partial charge in [-0.1, -0.05) is 18.2 Å². The molecule has 7 nitrogen and oxygen atoms in total. The summed E-state index contributed by atoms with van der Waals surface area (Å²) in [6, 6.07) is 5.25. The van der Waals surface area contributed by atoms with Gasteiger partial charge in [-0.15, -0.1) is 0 Å². The molecule has 1 amide bonds. The number of hydrogen-bond donors (Lipinski definition) is 4. The second-order valence-electron chi connectivity index (χ2n) is 4.68. The third-order valence-electron chi connectivity index (χ3n) is 3.31. The highest BCUT2D eigenvalue weighted by molar-refractivity contribution is 6.01. The van der Waals surface area contributed by atoms with Crippen molar-refractivity contribution in [2.75, 3.05) is 6.61 Å². The molecule has 0 saturated carbocycles. The molecule has 0 aliphatic carbocycles. The lowest BCUT2D eigenvalue weighted by atomic mass is 9.98. The molecule has 0 bridgehead atoms. The summed E-state index contributed by atoms with van der Waals surface area (Å²) >= 11 is 0. The first-order valence-electron chi connectivity index (χ1n) is 6.39. The smallest absolute Gasteiger partial charge is 0.252 e. The number of ether oxygens (including phenoxy) is 1. The molecule has 1 heterocycles. The summed E-state index contributed by atoms with van der Waals surface area (Å²) in [6.07, 6.45) is -3.02. The highest BCUT2D eigenvalue weighted by Gasteiger charge is 2.39. The van der Waals surface area contributed by atoms with Crippen LogP contribution in [-0.2, 0) is 4.74 Å². The van der Waals surface area contributed by atoms with Crippen molar-refractivity contribution in [3.8, 4) is 0 Å². The van der Waals surface area contributed by atoms with Gasteiger partial charge in [-0.3, -0.25) is 9.59 Å². The number of aliphatic hydroxyl groups excluding tert-OH is 3. The molecule has 21 heavy (non-hydrogen) atoms. The van der Waals surface area contributed by atoms with Crippen molar-refractivity contribution in [3.05, 3.63) is 42.0 Å². The first-order valence-corrected chi connectivity index (χ1v) is 6.39. The van der Waals surface area contributed by atoms with Crippen molar-refractivity contribution in [2.45, 2.75) is 24.4 Å². The number of hydrogen-bond acceptors (Lipinski definition) is 6. The van der Waals surface area contributed by atoms with Gasteiger partial charge in [-0.2, -0.15) is 0 Å². The Morgan fingerprint density at radius 3 is 2.67 bits per heavy atom. The first-order chi connectivity index (χ1) is 10.1. The van der Waals surface area contributed by atoms with Gasteiger partial charge in [0, 0.05) is 11.1 Å². The van der Waals surface area contributed by atoms with E-state index in [0.717, 1.165) is 6.61 Å². The maximum absolute atomic E-state index is 12.1. The Kier molecular flexibility index (Phi) is 5.03. The van der Waals surface area contributed by atoms with Gasteiger partial charge in [-0.05, 0) is 6.07 Å². The van der Waals surface area contributed by atoms with E-state index in [4.69, 9.17) is 9.84 Å². The van der Waals surface area contributed by atoms with E-state index in [-0.39, 0.29) is 11.1 Å². The normalized spacial score (nSPS) is 28.9. The van der Waals surface area contributed by atoms with Crippen molar-refractivity contribution in [1.82, 2.24) is 5.32 Å². The highest BCUT2D eigenvalue weighted by Crippen LogP contribution is 2.19. The van der Waals surface area contributed by atoms with Gasteiger partial charge in [0.1, 0.15) is 24.9 Å². The van der Waals surface area contributed by atoms with Gasteiger partial charge >= 0.3 is 0 Å². The Hall–Kier alpha value is -1.80. The summed E-state index contributed by atoms with van der Waals surface area (Å²) in [5.74, 6) is -0.573. The van der Waals surface area contributed by atoms with Gasteiger partial charge in [-0.25, -0.2) is 0 Å². The lowest BCUT2D eigenvalue weighted by molar-refractivity contribution is -0.136. The van der Waals surface area contributed by atoms with Gasteiger partial charge < -0.3 is 25.4 Å². The number of amides is 1. The van der Waals surface area contributed by atoms with Gasteiger partial charge in [0.2, 0.25) is 0 Å². The third kappa shape index (κ3) is 3.27. The van der Waals surface area contributed by atoms with Crippen molar-refractivity contribution in [3.63, 3.8) is 0 Å². The summed E-state index contributed by atoms with van der Waals surface area (Å²) < 4.78 is 5.05. The van der Waals surface area contributed by atoms with Crippen LogP contribution in [0.4, 0.5) is 0 Å². The van der Waals surface area contributed by atoms with Crippen LogP contribution in [0.5, 0.6) is 0 Å². The van der Waals surface area contributed by atoms with Crippen LogP contribution >= 0.6 is 0 Å². The molecule has 1 aromatic carbocycles. The van der Waals surface area contributed by atoms with E-state index in [0.29, 0.717) is 6.29 Å². The molecular formula is C14H16NO6. The van der Waals surface area contributed by atoms with E-state index in [1.54, 1.807) is 12.1 Å². The Bertz CT molecular complexity index is 520. The van der Waals surface area contributed by atoms with Crippen molar-refractivity contribution < 1.29 is 29.6 Å². The second-order valence-corrected chi connectivity index (χ2v) is 4.68. The number of benzene rings is 1. The summed E-state index contributed by atoms with van der Waals surface area (Å²) in [7, 11) is 0. The van der Waals surface area contributed by atoms with Gasteiger partial charge in [0.25, 0.3) is 5.91 Å². The fraction of sp³-hybridized carbons (Fsp3) is 0.357. The minimum absolute atomic E-state index is 0.159. The third-order valence-corrected chi connectivity index (χ3v) is 3.31. The van der Waals surface area contributed by atoms with E-state index >= 15 is 0 Å². The predicted octanol–water partition coefficient (Wildman–Crippen LogP) is -1.13. The Morgan fingerprint density at radius 2 is 2.00 bits per heavy atom. The zero-order valence-electron chi connectivity index (χ0n) is 11.0. The minimum Gasteiger partial charge on any atom is -0.394 e. The summed E-state index contributed by atoms with van der Waals surface area (Å²) in [6.45, 7) is 0.697. The number of carbonyl (C=O) groups is 2. The number of rotatable bonds is 4. The molecule has 4 N–H and O–H groups in total. The molecule has 1 saturated heterocycles. The average molecular weight is 294 g/mol. The lowest BCUT2D eigenvalue weighted by Gasteiger charge is -2.36. The molecule has 1 aliphatic rings. The maximum atomic E-state index is 12.1. The molecule has 0 unspecified atom stereocenters. The largest absolute Gasteiger partial charge is 0.394 e.